The number of carbonyl (C=O) groups is 1. The maximum atomic E-state index is 12.8. The molecular weight excluding hydrogens is 528 g/mol. The molecule has 2 aromatic heterocycles. The Morgan fingerprint density at radius 1 is 1.05 bits per heavy atom. The molecule has 198 valence electrons. The number of benzene rings is 2. The van der Waals surface area contributed by atoms with E-state index in [-0.39, 0.29) is 11.3 Å². The van der Waals surface area contributed by atoms with Crippen LogP contribution in [0.15, 0.2) is 60.9 Å². The average Bonchev–Trinajstić information content (AvgIpc) is 2.92. The topological polar surface area (TPSA) is 126 Å². The van der Waals surface area contributed by atoms with Gasteiger partial charge in [-0.2, -0.15) is 0 Å². The van der Waals surface area contributed by atoms with Gasteiger partial charge in [0.05, 0.1) is 24.5 Å². The monoisotopic (exact) mass is 554 g/mol. The molecule has 5 rings (SSSR count). The Labute approximate surface area is 225 Å². The summed E-state index contributed by atoms with van der Waals surface area (Å²) in [5.74, 6) is -0.0988. The molecule has 1 saturated heterocycles. The number of anilines is 2. The zero-order chi connectivity index (χ0) is 26.5. The average molecular weight is 555 g/mol. The number of rotatable bonds is 9. The van der Waals surface area contributed by atoms with E-state index in [9.17, 15) is 13.2 Å². The fourth-order valence-corrected chi connectivity index (χ4v) is 5.39. The molecule has 4 aromatic rings. The van der Waals surface area contributed by atoms with Crippen LogP contribution in [-0.2, 0) is 14.8 Å². The van der Waals surface area contributed by atoms with Crippen LogP contribution in [0.4, 0.5) is 11.5 Å². The second-order valence-corrected chi connectivity index (χ2v) is 11.2. The summed E-state index contributed by atoms with van der Waals surface area (Å²) in [5, 5.41) is 6.40. The molecule has 3 heterocycles. The highest BCUT2D eigenvalue weighted by molar-refractivity contribution is 7.89. The Kier molecular flexibility index (Phi) is 8.01. The summed E-state index contributed by atoms with van der Waals surface area (Å²) in [6.07, 6.45) is 3.88. The van der Waals surface area contributed by atoms with Crippen LogP contribution in [-0.4, -0.2) is 67.8 Å². The van der Waals surface area contributed by atoms with Crippen molar-refractivity contribution < 1.29 is 17.9 Å². The highest BCUT2D eigenvalue weighted by atomic mass is 35.5. The molecule has 0 spiro atoms. The van der Waals surface area contributed by atoms with Crippen molar-refractivity contribution in [2.75, 3.05) is 43.9 Å². The molecule has 2 aromatic carbocycles. The molecule has 0 unspecified atom stereocenters. The van der Waals surface area contributed by atoms with Gasteiger partial charge in [0.2, 0.25) is 10.0 Å². The first-order valence-electron chi connectivity index (χ1n) is 12.2. The molecule has 3 N–H and O–H groups in total. The zero-order valence-corrected chi connectivity index (χ0v) is 22.1. The Morgan fingerprint density at radius 3 is 2.71 bits per heavy atom. The smallest absolute Gasteiger partial charge is 0.266 e. The van der Waals surface area contributed by atoms with Gasteiger partial charge in [-0.3, -0.25) is 20.1 Å². The van der Waals surface area contributed by atoms with Crippen LogP contribution in [0.25, 0.3) is 21.7 Å². The number of sulfonamides is 1. The van der Waals surface area contributed by atoms with Crippen LogP contribution in [0.5, 0.6) is 0 Å². The molecule has 38 heavy (non-hydrogen) atoms. The van der Waals surface area contributed by atoms with Gasteiger partial charge in [0.15, 0.2) is 0 Å². The predicted octanol–water partition coefficient (Wildman–Crippen LogP) is 3.47. The van der Waals surface area contributed by atoms with E-state index in [1.165, 1.54) is 0 Å². The molecule has 1 aliphatic heterocycles. The molecule has 10 nitrogen and oxygen atoms in total. The van der Waals surface area contributed by atoms with E-state index in [0.717, 1.165) is 34.9 Å². The first-order valence-corrected chi connectivity index (χ1v) is 14.2. The lowest BCUT2D eigenvalue weighted by atomic mass is 10.1. The Hall–Kier alpha value is -3.35. The van der Waals surface area contributed by atoms with Crippen LogP contribution in [0.1, 0.15) is 16.8 Å². The van der Waals surface area contributed by atoms with Crippen LogP contribution in [0, 0.1) is 0 Å². The summed E-state index contributed by atoms with van der Waals surface area (Å²) >= 11 is 6.14. The van der Waals surface area contributed by atoms with Gasteiger partial charge >= 0.3 is 0 Å². The molecular formula is C26H27ClN6O4S. The molecule has 12 heteroatoms. The number of pyridine rings is 2. The maximum absolute atomic E-state index is 12.8. The van der Waals surface area contributed by atoms with Crippen LogP contribution >= 0.6 is 11.6 Å². The first kappa shape index (κ1) is 26.3. The van der Waals surface area contributed by atoms with Crippen molar-refractivity contribution in [3.8, 4) is 0 Å². The summed E-state index contributed by atoms with van der Waals surface area (Å²) in [5.41, 5.74) is 3.89. The molecule has 1 aliphatic rings. The third-order valence-electron chi connectivity index (χ3n) is 6.26. The van der Waals surface area contributed by atoms with E-state index < -0.39 is 15.9 Å². The lowest BCUT2D eigenvalue weighted by Crippen LogP contribution is -2.43. The standard InChI is InChI=1S/C26H27ClN6O4S/c27-19-3-1-4-20(16-19)29-25-22-7-8-28-17-23(22)21-6-5-18(15-24(21)30-25)26(34)31-32-38(35,36)14-2-9-33-10-12-37-13-11-33/h1,3-8,15-17,32H,2,9-14H2,(H,29,30)(H,31,34). The Morgan fingerprint density at radius 2 is 1.89 bits per heavy atom. The predicted molar refractivity (Wildman–Crippen MR) is 148 cm³/mol. The van der Waals surface area contributed by atoms with E-state index in [0.29, 0.717) is 42.5 Å². The second kappa shape index (κ2) is 11.6. The molecule has 0 radical (unpaired) electrons. The second-order valence-electron chi connectivity index (χ2n) is 8.93. The number of nitrogens with one attached hydrogen (secondary N) is 3. The van der Waals surface area contributed by atoms with Crippen LogP contribution in [0.2, 0.25) is 5.02 Å². The molecule has 0 bridgehead atoms. The van der Waals surface area contributed by atoms with Gasteiger partial charge in [0, 0.05) is 57.9 Å². The lowest BCUT2D eigenvalue weighted by molar-refractivity contribution is 0.0381. The van der Waals surface area contributed by atoms with Crippen molar-refractivity contribution in [2.24, 2.45) is 0 Å². The van der Waals surface area contributed by atoms with Crippen LogP contribution in [0.3, 0.4) is 0 Å². The van der Waals surface area contributed by atoms with Gasteiger partial charge in [-0.1, -0.05) is 23.7 Å². The number of fused-ring (bicyclic) bond motifs is 3. The third-order valence-corrected chi connectivity index (χ3v) is 7.73. The van der Waals surface area contributed by atoms with Gasteiger partial charge < -0.3 is 10.1 Å². The van der Waals surface area contributed by atoms with Gasteiger partial charge in [-0.05, 0) is 49.4 Å². The summed E-state index contributed by atoms with van der Waals surface area (Å²) in [7, 11) is -3.69. The number of morpholine rings is 1. The van der Waals surface area contributed by atoms with Crippen molar-refractivity contribution in [1.29, 1.82) is 0 Å². The van der Waals surface area contributed by atoms with Crippen molar-refractivity contribution in [2.45, 2.75) is 6.42 Å². The van der Waals surface area contributed by atoms with Gasteiger partial charge in [-0.25, -0.2) is 13.4 Å². The number of amides is 1. The summed E-state index contributed by atoms with van der Waals surface area (Å²) in [6.45, 7) is 3.56. The summed E-state index contributed by atoms with van der Waals surface area (Å²) in [6, 6.07) is 14.2. The van der Waals surface area contributed by atoms with Crippen molar-refractivity contribution in [3.05, 3.63) is 71.5 Å². The van der Waals surface area contributed by atoms with Gasteiger partial charge in [0.25, 0.3) is 5.91 Å². The molecule has 0 atom stereocenters. The van der Waals surface area contributed by atoms with E-state index >= 15 is 0 Å². The molecule has 0 saturated carbocycles. The number of carbonyl (C=O) groups excluding carboxylic acids is 1. The lowest BCUT2D eigenvalue weighted by Gasteiger charge is -2.26. The van der Waals surface area contributed by atoms with Crippen molar-refractivity contribution in [1.82, 2.24) is 25.1 Å². The zero-order valence-electron chi connectivity index (χ0n) is 20.5. The minimum absolute atomic E-state index is 0.0958. The maximum Gasteiger partial charge on any atom is 0.266 e. The van der Waals surface area contributed by atoms with Gasteiger partial charge in [0.1, 0.15) is 5.82 Å². The Bertz CT molecular complexity index is 1580. The Balaban J connectivity index is 1.31. The van der Waals surface area contributed by atoms with Gasteiger partial charge in [-0.15, -0.1) is 4.83 Å². The summed E-state index contributed by atoms with van der Waals surface area (Å²) in [4.78, 5) is 26.2. The van der Waals surface area contributed by atoms with E-state index in [4.69, 9.17) is 21.3 Å². The number of aromatic nitrogens is 2. The number of hydrazine groups is 1. The molecule has 1 amide bonds. The molecule has 1 fully saturated rings. The largest absolute Gasteiger partial charge is 0.379 e. The highest BCUT2D eigenvalue weighted by Crippen LogP contribution is 2.31. The SMILES string of the molecule is O=C(NNS(=O)(=O)CCCN1CCOCC1)c1ccc2c(c1)nc(Nc1cccc(Cl)c1)c1ccncc12. The number of halogens is 1. The number of nitrogens with zero attached hydrogens (tertiary/aromatic N) is 3. The minimum Gasteiger partial charge on any atom is -0.379 e. The number of hydrogen-bond donors (Lipinski definition) is 3. The van der Waals surface area contributed by atoms with Crippen molar-refractivity contribution in [3.63, 3.8) is 0 Å². The van der Waals surface area contributed by atoms with E-state index in [2.05, 4.69) is 25.5 Å². The number of ether oxygens (including phenoxy) is 1. The van der Waals surface area contributed by atoms with E-state index in [1.54, 1.807) is 42.7 Å². The van der Waals surface area contributed by atoms with Crippen LogP contribution < -0.4 is 15.6 Å². The third kappa shape index (κ3) is 6.37. The first-order chi connectivity index (χ1) is 18.4. The minimum atomic E-state index is -3.69. The van der Waals surface area contributed by atoms with E-state index in [1.807, 2.05) is 18.2 Å². The summed E-state index contributed by atoms with van der Waals surface area (Å²) < 4.78 is 30.1. The highest BCUT2D eigenvalue weighted by Gasteiger charge is 2.17. The van der Waals surface area contributed by atoms with Crippen molar-refractivity contribution >= 4 is 60.7 Å². The fraction of sp³-hybridized carbons (Fsp3) is 0.269. The fourth-order valence-electron chi connectivity index (χ4n) is 4.34. The quantitative estimate of drug-likeness (QED) is 0.212. The molecule has 0 aliphatic carbocycles. The number of hydrogen-bond acceptors (Lipinski definition) is 8. The normalized spacial score (nSPS) is 14.6.